The molecule has 142 valence electrons. The third-order valence-electron chi connectivity index (χ3n) is 4.38. The van der Waals surface area contributed by atoms with E-state index < -0.39 is 15.9 Å². The number of para-hydroxylation sites is 1. The number of hydrogen-bond donors (Lipinski definition) is 1. The molecule has 0 saturated carbocycles. The SMILES string of the molecule is CN(C)S(=O)(=O)c1cccc(NC(=O)c2ccccc2N2CCCC2=O)c1. The van der Waals surface area contributed by atoms with Crippen LogP contribution in [0.4, 0.5) is 11.4 Å². The first-order chi connectivity index (χ1) is 12.8. The number of nitrogens with one attached hydrogen (secondary N) is 1. The molecular formula is C19H21N3O4S. The first-order valence-corrected chi connectivity index (χ1v) is 9.98. The van der Waals surface area contributed by atoms with Gasteiger partial charge in [0.05, 0.1) is 16.1 Å². The molecule has 0 unspecified atom stereocenters. The third kappa shape index (κ3) is 3.86. The van der Waals surface area contributed by atoms with E-state index in [0.717, 1.165) is 10.7 Å². The Hall–Kier alpha value is -2.71. The summed E-state index contributed by atoms with van der Waals surface area (Å²) in [6.07, 6.45) is 1.24. The summed E-state index contributed by atoms with van der Waals surface area (Å²) in [5, 5.41) is 2.73. The summed E-state index contributed by atoms with van der Waals surface area (Å²) in [5.41, 5.74) is 1.30. The zero-order valence-corrected chi connectivity index (χ0v) is 16.0. The standard InChI is InChI=1S/C19H21N3O4S/c1-21(2)27(25,26)15-8-5-7-14(13-15)20-19(24)16-9-3-4-10-17(16)22-12-6-11-18(22)23/h3-5,7-10,13H,6,11-12H2,1-2H3,(H,20,24). The fraction of sp³-hybridized carbons (Fsp3) is 0.263. The van der Waals surface area contributed by atoms with E-state index in [1.165, 1.54) is 26.2 Å². The summed E-state index contributed by atoms with van der Waals surface area (Å²) in [4.78, 5) is 26.5. The van der Waals surface area contributed by atoms with E-state index >= 15 is 0 Å². The Labute approximate surface area is 158 Å². The van der Waals surface area contributed by atoms with Gasteiger partial charge in [-0.25, -0.2) is 12.7 Å². The average Bonchev–Trinajstić information content (AvgIpc) is 3.07. The second-order valence-corrected chi connectivity index (χ2v) is 8.59. The molecule has 0 aromatic heterocycles. The maximum Gasteiger partial charge on any atom is 0.257 e. The summed E-state index contributed by atoms with van der Waals surface area (Å²) in [5.74, 6) is -0.404. The molecule has 1 aliphatic heterocycles. The van der Waals surface area contributed by atoms with Crippen molar-refractivity contribution in [2.75, 3.05) is 30.9 Å². The Morgan fingerprint density at radius 1 is 1.11 bits per heavy atom. The van der Waals surface area contributed by atoms with Crippen LogP contribution in [0.1, 0.15) is 23.2 Å². The van der Waals surface area contributed by atoms with Crippen molar-refractivity contribution in [3.8, 4) is 0 Å². The van der Waals surface area contributed by atoms with Crippen molar-refractivity contribution in [1.82, 2.24) is 4.31 Å². The maximum absolute atomic E-state index is 12.8. The van der Waals surface area contributed by atoms with Gasteiger partial charge >= 0.3 is 0 Å². The lowest BCUT2D eigenvalue weighted by Crippen LogP contribution is -2.27. The molecule has 1 N–H and O–H groups in total. The number of nitrogens with zero attached hydrogens (tertiary/aromatic N) is 2. The normalized spacial score (nSPS) is 14.6. The lowest BCUT2D eigenvalue weighted by atomic mass is 10.1. The lowest BCUT2D eigenvalue weighted by Gasteiger charge is -2.19. The van der Waals surface area contributed by atoms with Gasteiger partial charge < -0.3 is 10.2 Å². The smallest absolute Gasteiger partial charge is 0.257 e. The predicted molar refractivity (Wildman–Crippen MR) is 103 cm³/mol. The highest BCUT2D eigenvalue weighted by Crippen LogP contribution is 2.26. The predicted octanol–water partition coefficient (Wildman–Crippen LogP) is 2.32. The van der Waals surface area contributed by atoms with Gasteiger partial charge in [-0.05, 0) is 36.8 Å². The molecule has 1 aliphatic rings. The van der Waals surface area contributed by atoms with Gasteiger partial charge in [0, 0.05) is 32.7 Å². The number of rotatable bonds is 5. The van der Waals surface area contributed by atoms with E-state index in [1.807, 2.05) is 0 Å². The van der Waals surface area contributed by atoms with E-state index in [9.17, 15) is 18.0 Å². The van der Waals surface area contributed by atoms with Crippen LogP contribution >= 0.6 is 0 Å². The van der Waals surface area contributed by atoms with Gasteiger partial charge in [-0.3, -0.25) is 9.59 Å². The van der Waals surface area contributed by atoms with Crippen LogP contribution in [0.15, 0.2) is 53.4 Å². The van der Waals surface area contributed by atoms with Crippen molar-refractivity contribution in [3.63, 3.8) is 0 Å². The Morgan fingerprint density at radius 3 is 2.52 bits per heavy atom. The molecule has 0 aliphatic carbocycles. The van der Waals surface area contributed by atoms with Crippen molar-refractivity contribution >= 4 is 33.2 Å². The zero-order valence-electron chi connectivity index (χ0n) is 15.2. The van der Waals surface area contributed by atoms with E-state index in [0.29, 0.717) is 29.9 Å². The molecule has 8 heteroatoms. The second-order valence-electron chi connectivity index (χ2n) is 6.44. The van der Waals surface area contributed by atoms with Crippen molar-refractivity contribution in [2.45, 2.75) is 17.7 Å². The number of sulfonamides is 1. The molecule has 2 aromatic carbocycles. The van der Waals surface area contributed by atoms with Crippen LogP contribution in [-0.2, 0) is 14.8 Å². The van der Waals surface area contributed by atoms with E-state index in [4.69, 9.17) is 0 Å². The minimum absolute atomic E-state index is 0.00526. The molecule has 0 radical (unpaired) electrons. The van der Waals surface area contributed by atoms with Crippen molar-refractivity contribution < 1.29 is 18.0 Å². The Bertz CT molecular complexity index is 986. The van der Waals surface area contributed by atoms with Gasteiger partial charge in [0.15, 0.2) is 0 Å². The summed E-state index contributed by atoms with van der Waals surface area (Å²) in [6, 6.07) is 13.0. The highest BCUT2D eigenvalue weighted by Gasteiger charge is 2.25. The largest absolute Gasteiger partial charge is 0.322 e. The monoisotopic (exact) mass is 387 g/mol. The van der Waals surface area contributed by atoms with Crippen LogP contribution in [0.25, 0.3) is 0 Å². The number of hydrogen-bond acceptors (Lipinski definition) is 4. The molecule has 7 nitrogen and oxygen atoms in total. The molecule has 0 atom stereocenters. The van der Waals surface area contributed by atoms with Crippen LogP contribution in [0, 0.1) is 0 Å². The van der Waals surface area contributed by atoms with Crippen LogP contribution in [0.3, 0.4) is 0 Å². The minimum Gasteiger partial charge on any atom is -0.322 e. The van der Waals surface area contributed by atoms with Gasteiger partial charge in [0.2, 0.25) is 15.9 Å². The summed E-state index contributed by atoms with van der Waals surface area (Å²) in [6.45, 7) is 0.583. The molecule has 1 heterocycles. The third-order valence-corrected chi connectivity index (χ3v) is 6.19. The Kier molecular flexibility index (Phi) is 5.29. The summed E-state index contributed by atoms with van der Waals surface area (Å²) < 4.78 is 25.7. The lowest BCUT2D eigenvalue weighted by molar-refractivity contribution is -0.117. The molecule has 1 fully saturated rings. The second kappa shape index (κ2) is 7.50. The fourth-order valence-corrected chi connectivity index (χ4v) is 3.90. The highest BCUT2D eigenvalue weighted by atomic mass is 32.2. The van der Waals surface area contributed by atoms with E-state index in [1.54, 1.807) is 41.3 Å². The van der Waals surface area contributed by atoms with E-state index in [-0.39, 0.29) is 10.8 Å². The Balaban J connectivity index is 1.88. The first-order valence-electron chi connectivity index (χ1n) is 8.54. The van der Waals surface area contributed by atoms with Gasteiger partial charge in [-0.2, -0.15) is 0 Å². The quantitative estimate of drug-likeness (QED) is 0.853. The number of carbonyl (C=O) groups excluding carboxylic acids is 2. The molecule has 0 spiro atoms. The molecule has 2 amide bonds. The molecule has 0 bridgehead atoms. The van der Waals surface area contributed by atoms with Crippen LogP contribution in [0.2, 0.25) is 0 Å². The first kappa shape index (κ1) is 19.1. The molecule has 3 rings (SSSR count). The maximum atomic E-state index is 12.8. The van der Waals surface area contributed by atoms with Crippen LogP contribution in [0.5, 0.6) is 0 Å². The summed E-state index contributed by atoms with van der Waals surface area (Å²) >= 11 is 0. The van der Waals surface area contributed by atoms with Crippen molar-refractivity contribution in [2.24, 2.45) is 0 Å². The summed E-state index contributed by atoms with van der Waals surface area (Å²) in [7, 11) is -0.703. The number of carbonyl (C=O) groups is 2. The number of amides is 2. The van der Waals surface area contributed by atoms with Crippen LogP contribution < -0.4 is 10.2 Å². The molecular weight excluding hydrogens is 366 g/mol. The van der Waals surface area contributed by atoms with Gasteiger partial charge in [0.1, 0.15) is 0 Å². The van der Waals surface area contributed by atoms with E-state index in [2.05, 4.69) is 5.32 Å². The topological polar surface area (TPSA) is 86.8 Å². The minimum atomic E-state index is -3.60. The number of benzene rings is 2. The Morgan fingerprint density at radius 2 is 1.85 bits per heavy atom. The van der Waals surface area contributed by atoms with Crippen LogP contribution in [-0.4, -0.2) is 45.2 Å². The number of anilines is 2. The zero-order chi connectivity index (χ0) is 19.6. The molecule has 27 heavy (non-hydrogen) atoms. The highest BCUT2D eigenvalue weighted by molar-refractivity contribution is 7.89. The van der Waals surface area contributed by atoms with Gasteiger partial charge in [0.25, 0.3) is 5.91 Å². The average molecular weight is 387 g/mol. The van der Waals surface area contributed by atoms with Gasteiger partial charge in [-0.1, -0.05) is 18.2 Å². The van der Waals surface area contributed by atoms with Crippen molar-refractivity contribution in [3.05, 3.63) is 54.1 Å². The molecule has 1 saturated heterocycles. The molecule has 2 aromatic rings. The van der Waals surface area contributed by atoms with Gasteiger partial charge in [-0.15, -0.1) is 0 Å². The van der Waals surface area contributed by atoms with Crippen molar-refractivity contribution in [1.29, 1.82) is 0 Å². The fourth-order valence-electron chi connectivity index (χ4n) is 2.95.